The number of pyridine rings is 1. The molecule has 24 heavy (non-hydrogen) atoms. The average molecular weight is 330 g/mol. The van der Waals surface area contributed by atoms with E-state index in [1.165, 1.54) is 12.1 Å². The maximum atomic E-state index is 12.9. The van der Waals surface area contributed by atoms with Crippen molar-refractivity contribution in [3.8, 4) is 11.6 Å². The van der Waals surface area contributed by atoms with Crippen LogP contribution >= 0.6 is 0 Å². The highest BCUT2D eigenvalue weighted by molar-refractivity contribution is 5.70. The summed E-state index contributed by atoms with van der Waals surface area (Å²) in [6.07, 6.45) is 3.37. The van der Waals surface area contributed by atoms with Crippen molar-refractivity contribution in [3.05, 3.63) is 54.0 Å². The van der Waals surface area contributed by atoms with Gasteiger partial charge in [-0.15, -0.1) is 0 Å². The number of carboxylic acid groups (broad SMARTS) is 1. The van der Waals surface area contributed by atoms with Crippen molar-refractivity contribution in [1.29, 1.82) is 0 Å². The molecule has 0 amide bonds. The van der Waals surface area contributed by atoms with Gasteiger partial charge in [-0.3, -0.25) is 9.69 Å². The van der Waals surface area contributed by atoms with E-state index in [4.69, 9.17) is 9.84 Å². The molecule has 0 bridgehead atoms. The number of aromatic nitrogens is 1. The Balaban J connectivity index is 1.58. The fraction of sp³-hybridized carbons (Fsp3) is 0.333. The lowest BCUT2D eigenvalue weighted by molar-refractivity contribution is -0.143. The standard InChI is InChI=1S/C18H19FN2O3/c19-15-4-6-16(7-5-15)24-17-8-3-13(10-20-17)11-21-9-1-2-14(12-21)18(22)23/h3-8,10,14H,1-2,9,11-12H2,(H,22,23)/t14-/m0/s1. The summed E-state index contributed by atoms with van der Waals surface area (Å²) in [6.45, 7) is 2.15. The number of ether oxygens (including phenoxy) is 1. The summed E-state index contributed by atoms with van der Waals surface area (Å²) in [4.78, 5) is 17.5. The van der Waals surface area contributed by atoms with Gasteiger partial charge < -0.3 is 9.84 Å². The van der Waals surface area contributed by atoms with E-state index in [1.807, 2.05) is 6.07 Å². The van der Waals surface area contributed by atoms with Crippen molar-refractivity contribution in [2.24, 2.45) is 5.92 Å². The lowest BCUT2D eigenvalue weighted by Crippen LogP contribution is -2.38. The quantitative estimate of drug-likeness (QED) is 0.911. The number of carboxylic acids is 1. The van der Waals surface area contributed by atoms with Crippen LogP contribution in [0.25, 0.3) is 0 Å². The molecule has 0 spiro atoms. The molecular formula is C18H19FN2O3. The van der Waals surface area contributed by atoms with Gasteiger partial charge in [-0.2, -0.15) is 0 Å². The largest absolute Gasteiger partial charge is 0.481 e. The van der Waals surface area contributed by atoms with Gasteiger partial charge in [0.15, 0.2) is 0 Å². The first-order valence-electron chi connectivity index (χ1n) is 7.93. The number of carbonyl (C=O) groups is 1. The van der Waals surface area contributed by atoms with Crippen LogP contribution in [0, 0.1) is 11.7 Å². The van der Waals surface area contributed by atoms with E-state index in [-0.39, 0.29) is 11.7 Å². The third-order valence-electron chi connectivity index (χ3n) is 4.09. The maximum Gasteiger partial charge on any atom is 0.307 e. The van der Waals surface area contributed by atoms with Crippen LogP contribution in [0.4, 0.5) is 4.39 Å². The molecule has 5 nitrogen and oxygen atoms in total. The van der Waals surface area contributed by atoms with Crippen molar-refractivity contribution in [2.45, 2.75) is 19.4 Å². The summed E-state index contributed by atoms with van der Waals surface area (Å²) in [5.41, 5.74) is 1.01. The number of likely N-dealkylation sites (tertiary alicyclic amines) is 1. The van der Waals surface area contributed by atoms with Crippen LogP contribution in [0.5, 0.6) is 11.6 Å². The minimum Gasteiger partial charge on any atom is -0.481 e. The summed E-state index contributed by atoms with van der Waals surface area (Å²) in [5, 5.41) is 9.14. The Morgan fingerprint density at radius 1 is 1.29 bits per heavy atom. The molecule has 1 aliphatic heterocycles. The molecule has 1 fully saturated rings. The summed E-state index contributed by atoms with van der Waals surface area (Å²) in [7, 11) is 0. The van der Waals surface area contributed by atoms with Gasteiger partial charge >= 0.3 is 5.97 Å². The maximum absolute atomic E-state index is 12.9. The topological polar surface area (TPSA) is 62.7 Å². The van der Waals surface area contributed by atoms with Gasteiger partial charge in [0.25, 0.3) is 0 Å². The summed E-state index contributed by atoms with van der Waals surface area (Å²) in [5.74, 6) is -0.357. The fourth-order valence-electron chi connectivity index (χ4n) is 2.85. The highest BCUT2D eigenvalue weighted by atomic mass is 19.1. The van der Waals surface area contributed by atoms with Gasteiger partial charge in [0.05, 0.1) is 5.92 Å². The zero-order valence-electron chi connectivity index (χ0n) is 13.2. The minimum absolute atomic E-state index is 0.284. The molecule has 2 heterocycles. The van der Waals surface area contributed by atoms with Crippen LogP contribution in [-0.4, -0.2) is 34.0 Å². The van der Waals surface area contributed by atoms with Crippen molar-refractivity contribution < 1.29 is 19.0 Å². The second kappa shape index (κ2) is 7.40. The van der Waals surface area contributed by atoms with Gasteiger partial charge in [0.1, 0.15) is 11.6 Å². The number of rotatable bonds is 5. The molecule has 0 aliphatic carbocycles. The van der Waals surface area contributed by atoms with E-state index in [0.717, 1.165) is 24.9 Å². The Bertz CT molecular complexity index is 688. The van der Waals surface area contributed by atoms with Gasteiger partial charge in [-0.1, -0.05) is 6.07 Å². The molecule has 2 aromatic rings. The van der Waals surface area contributed by atoms with E-state index in [2.05, 4.69) is 9.88 Å². The highest BCUT2D eigenvalue weighted by Gasteiger charge is 2.25. The van der Waals surface area contributed by atoms with Crippen molar-refractivity contribution in [3.63, 3.8) is 0 Å². The molecule has 1 aromatic heterocycles. The number of hydrogen-bond donors (Lipinski definition) is 1. The van der Waals surface area contributed by atoms with Crippen molar-refractivity contribution >= 4 is 5.97 Å². The van der Waals surface area contributed by atoms with E-state index in [9.17, 15) is 9.18 Å². The highest BCUT2D eigenvalue weighted by Crippen LogP contribution is 2.21. The molecule has 1 aliphatic rings. The van der Waals surface area contributed by atoms with Crippen LogP contribution in [0.3, 0.4) is 0 Å². The summed E-state index contributed by atoms with van der Waals surface area (Å²) < 4.78 is 18.4. The van der Waals surface area contributed by atoms with E-state index >= 15 is 0 Å². The van der Waals surface area contributed by atoms with Crippen molar-refractivity contribution in [1.82, 2.24) is 9.88 Å². The normalized spacial score (nSPS) is 18.3. The van der Waals surface area contributed by atoms with Gasteiger partial charge in [-0.25, -0.2) is 9.37 Å². The molecular weight excluding hydrogens is 311 g/mol. The molecule has 3 rings (SSSR count). The van der Waals surface area contributed by atoms with Gasteiger partial charge in [-0.05, 0) is 49.2 Å². The lowest BCUT2D eigenvalue weighted by atomic mass is 9.98. The molecule has 1 saturated heterocycles. The molecule has 126 valence electrons. The number of halogens is 1. The number of nitrogens with zero attached hydrogens (tertiary/aromatic N) is 2. The molecule has 1 atom stereocenters. The van der Waals surface area contributed by atoms with Crippen LogP contribution in [0.1, 0.15) is 18.4 Å². The fourth-order valence-corrected chi connectivity index (χ4v) is 2.85. The van der Waals surface area contributed by atoms with E-state index < -0.39 is 5.97 Å². The number of aliphatic carboxylic acids is 1. The zero-order chi connectivity index (χ0) is 16.9. The molecule has 6 heteroatoms. The number of hydrogen-bond acceptors (Lipinski definition) is 4. The molecule has 0 radical (unpaired) electrons. The zero-order valence-corrected chi connectivity index (χ0v) is 13.2. The third kappa shape index (κ3) is 4.29. The molecule has 1 aromatic carbocycles. The predicted octanol–water partition coefficient (Wildman–Crippen LogP) is 3.31. The smallest absolute Gasteiger partial charge is 0.307 e. The first kappa shape index (κ1) is 16.4. The lowest BCUT2D eigenvalue weighted by Gasteiger charge is -2.30. The minimum atomic E-state index is -0.721. The van der Waals surface area contributed by atoms with Crippen LogP contribution < -0.4 is 4.74 Å². The number of benzene rings is 1. The predicted molar refractivity (Wildman–Crippen MR) is 86.3 cm³/mol. The monoisotopic (exact) mass is 330 g/mol. The molecule has 0 unspecified atom stereocenters. The number of piperidine rings is 1. The molecule has 1 N–H and O–H groups in total. The first-order chi connectivity index (χ1) is 11.6. The SMILES string of the molecule is O=C(O)[C@H]1CCCN(Cc2ccc(Oc3ccc(F)cc3)nc2)C1. The van der Waals surface area contributed by atoms with Crippen LogP contribution in [-0.2, 0) is 11.3 Å². The Labute approximate surface area is 139 Å². The summed E-state index contributed by atoms with van der Waals surface area (Å²) in [6, 6.07) is 9.43. The van der Waals surface area contributed by atoms with E-state index in [1.54, 1.807) is 24.4 Å². The Hall–Kier alpha value is -2.47. The Morgan fingerprint density at radius 2 is 2.08 bits per heavy atom. The Kier molecular flexibility index (Phi) is 5.05. The molecule has 0 saturated carbocycles. The van der Waals surface area contributed by atoms with Gasteiger partial charge in [0.2, 0.25) is 5.88 Å². The third-order valence-corrected chi connectivity index (χ3v) is 4.09. The second-order valence-electron chi connectivity index (χ2n) is 5.97. The first-order valence-corrected chi connectivity index (χ1v) is 7.93. The summed E-state index contributed by atoms with van der Waals surface area (Å²) >= 11 is 0. The Morgan fingerprint density at radius 3 is 2.75 bits per heavy atom. The van der Waals surface area contributed by atoms with Crippen LogP contribution in [0.2, 0.25) is 0 Å². The second-order valence-corrected chi connectivity index (χ2v) is 5.97. The van der Waals surface area contributed by atoms with Crippen LogP contribution in [0.15, 0.2) is 42.6 Å². The van der Waals surface area contributed by atoms with E-state index in [0.29, 0.717) is 24.7 Å². The van der Waals surface area contributed by atoms with Gasteiger partial charge in [0, 0.05) is 25.4 Å². The van der Waals surface area contributed by atoms with Crippen molar-refractivity contribution in [2.75, 3.05) is 13.1 Å². The average Bonchev–Trinajstić information content (AvgIpc) is 2.59.